The van der Waals surface area contributed by atoms with Crippen molar-refractivity contribution in [2.45, 2.75) is 19.4 Å². The van der Waals surface area contributed by atoms with Crippen LogP contribution in [0.4, 0.5) is 0 Å². The highest BCUT2D eigenvalue weighted by Crippen LogP contribution is 2.22. The molecule has 0 spiro atoms. The number of hydrogen-bond acceptors (Lipinski definition) is 4. The summed E-state index contributed by atoms with van der Waals surface area (Å²) < 4.78 is 4.67. The fourth-order valence-electron chi connectivity index (χ4n) is 2.02. The van der Waals surface area contributed by atoms with Crippen LogP contribution in [0.1, 0.15) is 24.2 Å². The van der Waals surface area contributed by atoms with Crippen molar-refractivity contribution in [2.24, 2.45) is 5.92 Å². The number of aromatic nitrogens is 1. The standard InChI is InChI=1S/C15H16N2O4/c1-10(15(19)20)14(11-5-3-2-4-6-11)16-13(18)9-12-7-8-21-17-12/h2-8,10,14H,9H2,1H3,(H,16,18)(H,19,20). The molecule has 0 aliphatic heterocycles. The Bertz CT molecular complexity index is 595. The predicted octanol–water partition coefficient (Wildman–Crippen LogP) is 1.80. The Morgan fingerprint density at radius 3 is 2.57 bits per heavy atom. The number of aliphatic carboxylic acids is 1. The molecule has 0 fully saturated rings. The highest BCUT2D eigenvalue weighted by Gasteiger charge is 2.26. The van der Waals surface area contributed by atoms with Gasteiger partial charge in [0.1, 0.15) is 6.26 Å². The Morgan fingerprint density at radius 2 is 2.00 bits per heavy atom. The molecule has 0 bridgehead atoms. The van der Waals surface area contributed by atoms with Gasteiger partial charge in [0.05, 0.1) is 24.1 Å². The maximum Gasteiger partial charge on any atom is 0.308 e. The number of nitrogens with one attached hydrogen (secondary N) is 1. The molecular weight excluding hydrogens is 272 g/mol. The quantitative estimate of drug-likeness (QED) is 0.845. The molecule has 1 aromatic heterocycles. The first-order valence-corrected chi connectivity index (χ1v) is 6.54. The van der Waals surface area contributed by atoms with Crippen LogP contribution in [0, 0.1) is 5.92 Å². The van der Waals surface area contributed by atoms with Gasteiger partial charge in [-0.25, -0.2) is 0 Å². The van der Waals surface area contributed by atoms with Crippen LogP contribution in [0.5, 0.6) is 0 Å². The van der Waals surface area contributed by atoms with E-state index >= 15 is 0 Å². The molecule has 1 aromatic carbocycles. The normalized spacial score (nSPS) is 13.4. The summed E-state index contributed by atoms with van der Waals surface area (Å²) in [6.07, 6.45) is 1.43. The number of hydrogen-bond donors (Lipinski definition) is 2. The van der Waals surface area contributed by atoms with Gasteiger partial charge in [-0.1, -0.05) is 35.5 Å². The summed E-state index contributed by atoms with van der Waals surface area (Å²) in [5.74, 6) is -2.01. The van der Waals surface area contributed by atoms with Gasteiger partial charge in [0, 0.05) is 6.07 Å². The smallest absolute Gasteiger partial charge is 0.308 e. The molecule has 2 aromatic rings. The van der Waals surface area contributed by atoms with E-state index in [0.717, 1.165) is 5.56 Å². The van der Waals surface area contributed by atoms with E-state index in [0.29, 0.717) is 5.69 Å². The SMILES string of the molecule is CC(C(=O)O)C(NC(=O)Cc1ccon1)c1ccccc1. The van der Waals surface area contributed by atoms with Crippen molar-refractivity contribution < 1.29 is 19.2 Å². The summed E-state index contributed by atoms with van der Waals surface area (Å²) in [6, 6.07) is 10.0. The molecule has 0 aliphatic rings. The van der Waals surface area contributed by atoms with Crippen LogP contribution in [0.25, 0.3) is 0 Å². The second kappa shape index (κ2) is 6.69. The molecule has 6 nitrogen and oxygen atoms in total. The van der Waals surface area contributed by atoms with Crippen LogP contribution >= 0.6 is 0 Å². The van der Waals surface area contributed by atoms with Gasteiger partial charge in [0.25, 0.3) is 0 Å². The van der Waals surface area contributed by atoms with Crippen molar-refractivity contribution in [2.75, 3.05) is 0 Å². The molecule has 1 amide bonds. The maximum atomic E-state index is 12.0. The molecule has 2 unspecified atom stereocenters. The Hall–Kier alpha value is -2.63. The van der Waals surface area contributed by atoms with Crippen LogP contribution in [-0.4, -0.2) is 22.1 Å². The van der Waals surface area contributed by atoms with E-state index in [1.165, 1.54) is 6.26 Å². The first-order chi connectivity index (χ1) is 10.1. The van der Waals surface area contributed by atoms with Crippen LogP contribution in [0.3, 0.4) is 0 Å². The van der Waals surface area contributed by atoms with Gasteiger partial charge in [-0.15, -0.1) is 0 Å². The zero-order valence-corrected chi connectivity index (χ0v) is 11.5. The van der Waals surface area contributed by atoms with Gasteiger partial charge in [0.15, 0.2) is 0 Å². The van der Waals surface area contributed by atoms with Crippen LogP contribution in [-0.2, 0) is 16.0 Å². The summed E-state index contributed by atoms with van der Waals surface area (Å²) >= 11 is 0. The van der Waals surface area contributed by atoms with Gasteiger partial charge in [-0.05, 0) is 12.5 Å². The number of nitrogens with zero attached hydrogens (tertiary/aromatic N) is 1. The number of carbonyl (C=O) groups is 2. The Morgan fingerprint density at radius 1 is 1.29 bits per heavy atom. The molecule has 21 heavy (non-hydrogen) atoms. The predicted molar refractivity (Wildman–Crippen MR) is 74.3 cm³/mol. The minimum absolute atomic E-state index is 0.0478. The van der Waals surface area contributed by atoms with E-state index in [-0.39, 0.29) is 12.3 Å². The van der Waals surface area contributed by atoms with Crippen LogP contribution in [0.15, 0.2) is 47.2 Å². The van der Waals surface area contributed by atoms with Gasteiger partial charge >= 0.3 is 5.97 Å². The van der Waals surface area contributed by atoms with E-state index in [1.54, 1.807) is 37.3 Å². The molecule has 2 N–H and O–H groups in total. The lowest BCUT2D eigenvalue weighted by Gasteiger charge is -2.22. The Labute approximate surface area is 121 Å². The molecule has 110 valence electrons. The molecule has 2 atom stereocenters. The van der Waals surface area contributed by atoms with Crippen molar-refractivity contribution in [1.29, 1.82) is 0 Å². The van der Waals surface area contributed by atoms with Gasteiger partial charge in [0.2, 0.25) is 5.91 Å². The third-order valence-corrected chi connectivity index (χ3v) is 3.20. The largest absolute Gasteiger partial charge is 0.481 e. The van der Waals surface area contributed by atoms with Crippen molar-refractivity contribution in [3.63, 3.8) is 0 Å². The molecule has 0 radical (unpaired) electrons. The summed E-state index contributed by atoms with van der Waals surface area (Å²) in [7, 11) is 0. The lowest BCUT2D eigenvalue weighted by atomic mass is 9.94. The van der Waals surface area contributed by atoms with E-state index in [1.807, 2.05) is 6.07 Å². The third-order valence-electron chi connectivity index (χ3n) is 3.20. The van der Waals surface area contributed by atoms with E-state index in [9.17, 15) is 14.7 Å². The fourth-order valence-corrected chi connectivity index (χ4v) is 2.02. The Balaban J connectivity index is 2.12. The second-order valence-corrected chi connectivity index (χ2v) is 4.75. The molecular formula is C15H16N2O4. The van der Waals surface area contributed by atoms with Crippen molar-refractivity contribution in [1.82, 2.24) is 10.5 Å². The number of carbonyl (C=O) groups excluding carboxylic acids is 1. The Kier molecular flexibility index (Phi) is 4.71. The summed E-state index contributed by atoms with van der Waals surface area (Å²) in [4.78, 5) is 23.3. The molecule has 6 heteroatoms. The molecule has 0 aliphatic carbocycles. The monoisotopic (exact) mass is 288 g/mol. The maximum absolute atomic E-state index is 12.0. The summed E-state index contributed by atoms with van der Waals surface area (Å²) in [5.41, 5.74) is 1.25. The second-order valence-electron chi connectivity index (χ2n) is 4.75. The summed E-state index contributed by atoms with van der Waals surface area (Å²) in [5, 5.41) is 15.6. The summed E-state index contributed by atoms with van der Waals surface area (Å²) in [6.45, 7) is 1.57. The van der Waals surface area contributed by atoms with Crippen LogP contribution in [0.2, 0.25) is 0 Å². The highest BCUT2D eigenvalue weighted by atomic mass is 16.5. The van der Waals surface area contributed by atoms with E-state index < -0.39 is 17.9 Å². The highest BCUT2D eigenvalue weighted by molar-refractivity contribution is 5.80. The molecule has 0 saturated heterocycles. The fraction of sp³-hybridized carbons (Fsp3) is 0.267. The minimum atomic E-state index is -0.967. The topological polar surface area (TPSA) is 92.4 Å². The number of carboxylic acid groups (broad SMARTS) is 1. The zero-order chi connectivity index (χ0) is 15.2. The number of rotatable bonds is 6. The van der Waals surface area contributed by atoms with E-state index in [2.05, 4.69) is 15.0 Å². The van der Waals surface area contributed by atoms with Crippen molar-refractivity contribution in [3.05, 3.63) is 53.9 Å². The van der Waals surface area contributed by atoms with Gasteiger partial charge in [-0.3, -0.25) is 9.59 Å². The lowest BCUT2D eigenvalue weighted by molar-refractivity contribution is -0.142. The van der Waals surface area contributed by atoms with Crippen LogP contribution < -0.4 is 5.32 Å². The average molecular weight is 288 g/mol. The average Bonchev–Trinajstić information content (AvgIpc) is 2.97. The number of amides is 1. The first kappa shape index (κ1) is 14.8. The van der Waals surface area contributed by atoms with Crippen molar-refractivity contribution >= 4 is 11.9 Å². The zero-order valence-electron chi connectivity index (χ0n) is 11.5. The first-order valence-electron chi connectivity index (χ1n) is 6.54. The molecule has 2 rings (SSSR count). The van der Waals surface area contributed by atoms with Gasteiger partial charge in [-0.2, -0.15) is 0 Å². The molecule has 0 saturated carbocycles. The molecule has 1 heterocycles. The lowest BCUT2D eigenvalue weighted by Crippen LogP contribution is -2.36. The minimum Gasteiger partial charge on any atom is -0.481 e. The number of carboxylic acids is 1. The van der Waals surface area contributed by atoms with Gasteiger partial charge < -0.3 is 14.9 Å². The van der Waals surface area contributed by atoms with Crippen molar-refractivity contribution in [3.8, 4) is 0 Å². The van der Waals surface area contributed by atoms with E-state index in [4.69, 9.17) is 0 Å². The number of benzene rings is 1. The third kappa shape index (κ3) is 3.92.